The van der Waals surface area contributed by atoms with E-state index in [-0.39, 0.29) is 56.8 Å². The molecule has 380 valence electrons. The number of fused-ring (bicyclic) bond motifs is 1. The normalized spacial score (nSPS) is 17.3. The first-order chi connectivity index (χ1) is 34.2. The zero-order valence-electron chi connectivity index (χ0n) is 43.2. The molecule has 0 radical (unpaired) electrons. The zero-order valence-corrected chi connectivity index (χ0v) is 45.0. The fourth-order valence-corrected chi connectivity index (χ4v) is 12.5. The Labute approximate surface area is 422 Å². The third-order valence-electron chi connectivity index (χ3n) is 11.7. The smallest absolute Gasteiger partial charge is 0.259 e. The van der Waals surface area contributed by atoms with Crippen LogP contribution in [0.1, 0.15) is 103 Å². The molecule has 2 aromatic heterocycles. The minimum atomic E-state index is -1.72. The molecule has 5 aromatic rings. The van der Waals surface area contributed by atoms with Crippen LogP contribution in [0.4, 0.5) is 5.82 Å². The van der Waals surface area contributed by atoms with Gasteiger partial charge in [0, 0.05) is 44.7 Å². The molecule has 0 N–H and O–H groups in total. The monoisotopic (exact) mass is 1010 g/mol. The van der Waals surface area contributed by atoms with Gasteiger partial charge in [0.1, 0.15) is 52.4 Å². The molecule has 19 heteroatoms. The zero-order chi connectivity index (χ0) is 51.2. The van der Waals surface area contributed by atoms with Crippen LogP contribution in [-0.4, -0.2) is 125 Å². The number of hydrogen-bond donors (Lipinski definition) is 0. The quantitative estimate of drug-likeness (QED) is 0.0168. The van der Waals surface area contributed by atoms with Crippen molar-refractivity contribution in [1.82, 2.24) is 33.8 Å². The summed E-state index contributed by atoms with van der Waals surface area (Å²) in [5.74, 6) is 1.82. The summed E-state index contributed by atoms with van der Waals surface area (Å²) in [5, 5.41) is 24.6. The number of nitrogens with zero attached hydrogens (tertiary/aromatic N) is 10. The van der Waals surface area contributed by atoms with Crippen LogP contribution in [0.3, 0.4) is 0 Å². The highest BCUT2D eigenvalue weighted by molar-refractivity contribution is 7.48. The van der Waals surface area contributed by atoms with E-state index in [1.165, 1.54) is 6.33 Å². The first-order valence-electron chi connectivity index (χ1n) is 24.1. The molecule has 0 amide bonds. The van der Waals surface area contributed by atoms with Crippen LogP contribution in [0.5, 0.6) is 11.5 Å². The van der Waals surface area contributed by atoms with Gasteiger partial charge in [0.15, 0.2) is 5.82 Å². The SMILES string of the molecule is COc1ccc(C(OC[C@H]2O[C@@H](c3nn(P(OCCC#N)N(C(C)C)C(C)C)c4c(N=CN(C)C)ncnc34)C[C@@H]2OP(OCCC#N)N(C(C)C)C(C)C)(c2ccccc2)c2ccc(OC)cc2)cc1. The first-order valence-corrected chi connectivity index (χ1v) is 26.4. The Kier molecular flexibility index (Phi) is 20.2. The van der Waals surface area contributed by atoms with E-state index in [0.29, 0.717) is 40.5 Å². The van der Waals surface area contributed by atoms with E-state index in [1.54, 1.807) is 20.6 Å². The Morgan fingerprint density at radius 1 is 0.775 bits per heavy atom. The maximum Gasteiger partial charge on any atom is 0.259 e. The number of rotatable bonds is 26. The van der Waals surface area contributed by atoms with Crippen molar-refractivity contribution in [2.24, 2.45) is 4.99 Å². The third-order valence-corrected chi connectivity index (χ3v) is 16.2. The lowest BCUT2D eigenvalue weighted by Gasteiger charge is -2.39. The van der Waals surface area contributed by atoms with Crippen molar-refractivity contribution >= 4 is 40.2 Å². The van der Waals surface area contributed by atoms with Gasteiger partial charge in [-0.3, -0.25) is 0 Å². The summed E-state index contributed by atoms with van der Waals surface area (Å²) in [6.07, 6.45) is 1.98. The average molecular weight is 1010 g/mol. The van der Waals surface area contributed by atoms with E-state index in [1.807, 2.05) is 90.2 Å². The van der Waals surface area contributed by atoms with Crippen LogP contribution in [0, 0.1) is 22.7 Å². The predicted molar refractivity (Wildman–Crippen MR) is 278 cm³/mol. The van der Waals surface area contributed by atoms with Gasteiger partial charge >= 0.3 is 0 Å². The summed E-state index contributed by atoms with van der Waals surface area (Å²) in [6, 6.07) is 30.6. The summed E-state index contributed by atoms with van der Waals surface area (Å²) in [7, 11) is 3.69. The molecule has 5 atom stereocenters. The first kappa shape index (κ1) is 55.2. The van der Waals surface area contributed by atoms with E-state index in [2.05, 4.69) is 94.0 Å². The number of ether oxygens (including phenoxy) is 4. The molecule has 0 aliphatic carbocycles. The molecule has 6 rings (SSSR count). The molecule has 1 aliphatic heterocycles. The van der Waals surface area contributed by atoms with Gasteiger partial charge in [-0.25, -0.2) is 24.3 Å². The second kappa shape index (κ2) is 26.0. The summed E-state index contributed by atoms with van der Waals surface area (Å²) in [4.78, 5) is 16.2. The predicted octanol–water partition coefficient (Wildman–Crippen LogP) is 10.7. The Hall–Kier alpha value is -5.16. The van der Waals surface area contributed by atoms with E-state index in [4.69, 9.17) is 47.6 Å². The van der Waals surface area contributed by atoms with Crippen molar-refractivity contribution < 1.29 is 32.5 Å². The molecule has 3 heterocycles. The summed E-state index contributed by atoms with van der Waals surface area (Å²) < 4.78 is 52.8. The number of benzene rings is 3. The van der Waals surface area contributed by atoms with Gasteiger partial charge in [0.05, 0.1) is 71.5 Å². The van der Waals surface area contributed by atoms with E-state index in [0.717, 1.165) is 16.7 Å². The Bertz CT molecular complexity index is 2490. The minimum Gasteiger partial charge on any atom is -0.497 e. The highest BCUT2D eigenvalue weighted by atomic mass is 31.2. The molecule has 1 fully saturated rings. The van der Waals surface area contributed by atoms with Gasteiger partial charge in [-0.2, -0.15) is 20.1 Å². The van der Waals surface area contributed by atoms with Crippen LogP contribution in [0.15, 0.2) is 90.2 Å². The van der Waals surface area contributed by atoms with Gasteiger partial charge in [0.2, 0.25) is 8.45 Å². The van der Waals surface area contributed by atoms with Crippen LogP contribution in [0.2, 0.25) is 0 Å². The Morgan fingerprint density at radius 3 is 1.85 bits per heavy atom. The number of aromatic nitrogens is 4. The van der Waals surface area contributed by atoms with Crippen molar-refractivity contribution in [3.63, 3.8) is 0 Å². The van der Waals surface area contributed by atoms with Gasteiger partial charge in [-0.15, -0.1) is 0 Å². The van der Waals surface area contributed by atoms with Crippen molar-refractivity contribution in [1.29, 1.82) is 10.5 Å². The molecular formula is C52H70N10O7P2. The topological polar surface area (TPSA) is 178 Å². The molecule has 0 saturated carbocycles. The molecule has 1 aliphatic rings. The summed E-state index contributed by atoms with van der Waals surface area (Å²) in [5.41, 5.74) is 3.16. The second-order valence-electron chi connectivity index (χ2n) is 18.3. The summed E-state index contributed by atoms with van der Waals surface area (Å²) >= 11 is 0. The fourth-order valence-electron chi connectivity index (χ4n) is 8.77. The van der Waals surface area contributed by atoms with Crippen molar-refractivity contribution in [3.05, 3.63) is 108 Å². The molecule has 0 bridgehead atoms. The standard InChI is InChI=1S/C52H70N10O7P2/c1-36(2)60(37(3)4)70(66-30-16-28-53)62-50-49(55-34-56-51(50)57-35-59(9)10)48(58-62)46-32-45(69-71(67-31-17-29-54)61(38(5)6)39(7)8)47(68-46)33-65-52(40-18-14-13-15-19-40,41-20-24-43(63-11)25-21-41)42-22-26-44(64-12)27-23-42/h13-15,18-27,34-39,45-47H,16-17,30-33H2,1-12H3/t45-,46+,47+,70?,71?/m0/s1. The fraction of sp³-hybridized carbons (Fsp3) is 0.500. The van der Waals surface area contributed by atoms with Gasteiger partial charge in [-0.05, 0) is 96.3 Å². The molecule has 71 heavy (non-hydrogen) atoms. The molecule has 17 nitrogen and oxygen atoms in total. The lowest BCUT2D eigenvalue weighted by Crippen LogP contribution is -2.39. The highest BCUT2D eigenvalue weighted by Crippen LogP contribution is 2.54. The molecule has 1 saturated heterocycles. The number of hydrogen-bond acceptors (Lipinski definition) is 15. The number of aliphatic imine (C=N–C) groups is 1. The largest absolute Gasteiger partial charge is 0.497 e. The Balaban J connectivity index is 1.55. The Morgan fingerprint density at radius 2 is 1.32 bits per heavy atom. The summed E-state index contributed by atoms with van der Waals surface area (Å²) in [6.45, 7) is 17.4. The van der Waals surface area contributed by atoms with Crippen LogP contribution in [0.25, 0.3) is 11.0 Å². The molecule has 0 spiro atoms. The third kappa shape index (κ3) is 13.1. The lowest BCUT2D eigenvalue weighted by atomic mass is 9.80. The van der Waals surface area contributed by atoms with Gasteiger partial charge in [-0.1, -0.05) is 54.6 Å². The average Bonchev–Trinajstić information content (AvgIpc) is 3.95. The van der Waals surface area contributed by atoms with Crippen LogP contribution in [-0.2, 0) is 28.6 Å². The maximum absolute atomic E-state index is 9.61. The number of methoxy groups -OCH3 is 2. The van der Waals surface area contributed by atoms with Gasteiger partial charge in [0.25, 0.3) is 8.53 Å². The van der Waals surface area contributed by atoms with Crippen molar-refractivity contribution in [3.8, 4) is 23.6 Å². The van der Waals surface area contributed by atoms with E-state index < -0.39 is 40.9 Å². The van der Waals surface area contributed by atoms with Crippen molar-refractivity contribution in [2.45, 2.75) is 123 Å². The van der Waals surface area contributed by atoms with Crippen LogP contribution >= 0.6 is 17.0 Å². The van der Waals surface area contributed by atoms with Crippen molar-refractivity contribution in [2.75, 3.05) is 48.1 Å². The highest BCUT2D eigenvalue weighted by Gasteiger charge is 2.46. The van der Waals surface area contributed by atoms with E-state index >= 15 is 0 Å². The lowest BCUT2D eigenvalue weighted by molar-refractivity contribution is -0.0810. The second-order valence-corrected chi connectivity index (χ2v) is 21.4. The van der Waals surface area contributed by atoms with E-state index in [9.17, 15) is 10.5 Å². The maximum atomic E-state index is 9.61. The molecular weight excluding hydrogens is 939 g/mol. The van der Waals surface area contributed by atoms with Gasteiger partial charge < -0.3 is 37.4 Å². The minimum absolute atomic E-state index is 0.0396. The molecule has 2 unspecified atom stereocenters. The molecule has 3 aromatic carbocycles. The van der Waals surface area contributed by atoms with Crippen LogP contribution < -0.4 is 9.47 Å². The number of nitriles is 2.